The minimum Gasteiger partial charge on any atom is -0.609 e. The van der Waals surface area contributed by atoms with Gasteiger partial charge < -0.3 is 15.6 Å². The van der Waals surface area contributed by atoms with Crippen LogP contribution in [0.5, 0.6) is 0 Å². The van der Waals surface area contributed by atoms with E-state index in [0.29, 0.717) is 11.8 Å². The number of nitrogens with two attached hydrogens (primary N) is 1. The molecule has 0 saturated heterocycles. The molecule has 1 heterocycles. The molecule has 14 heteroatoms. The Kier molecular flexibility index (Phi) is 9.12. The van der Waals surface area contributed by atoms with E-state index in [1.165, 1.54) is 0 Å². The molecule has 0 aliphatic carbocycles. The Hall–Kier alpha value is -2.09. The molecule has 146 valence electrons. The number of H-pyrrole nitrogens is 1. The summed E-state index contributed by atoms with van der Waals surface area (Å²) in [6.07, 6.45) is 0.705. The van der Waals surface area contributed by atoms with E-state index in [1.54, 1.807) is 4.98 Å². The van der Waals surface area contributed by atoms with E-state index < -0.39 is 40.2 Å². The lowest BCUT2D eigenvalue weighted by atomic mass is 10.4. The monoisotopic (exact) mass is 413 g/mol. The number of nitrogens with one attached hydrogen (secondary N) is 2. The van der Waals surface area contributed by atoms with Crippen LogP contribution in [-0.2, 0) is 4.79 Å². The van der Waals surface area contributed by atoms with Crippen LogP contribution < -0.4 is 22.2 Å². The highest BCUT2D eigenvalue weighted by Gasteiger charge is 2.19. The highest BCUT2D eigenvalue weighted by atomic mass is 35.5. The third kappa shape index (κ3) is 6.67. The average molecular weight is 414 g/mol. The molecule has 2 amide bonds. The third-order valence-corrected chi connectivity index (χ3v) is 4.45. The van der Waals surface area contributed by atoms with Gasteiger partial charge in [-0.15, -0.1) is 23.4 Å². The zero-order valence-corrected chi connectivity index (χ0v) is 14.9. The normalized spacial score (nSPS) is 11.8. The summed E-state index contributed by atoms with van der Waals surface area (Å²) in [4.78, 5) is 47.2. The summed E-state index contributed by atoms with van der Waals surface area (Å²) in [5.74, 6) is -2.70. The molecular weight excluding hydrogens is 397 g/mol. The van der Waals surface area contributed by atoms with Crippen molar-refractivity contribution >= 4 is 35.4 Å². The summed E-state index contributed by atoms with van der Waals surface area (Å²) in [7, 11) is 0. The molecule has 0 bridgehead atoms. The molecule has 5 N–H and O–H groups in total. The lowest BCUT2D eigenvalue weighted by Crippen LogP contribution is -2.90. The molecule has 1 atom stereocenters. The summed E-state index contributed by atoms with van der Waals surface area (Å²) in [5, 5.41) is 21.9. The van der Waals surface area contributed by atoms with Crippen molar-refractivity contribution in [2.45, 2.75) is 11.8 Å². The van der Waals surface area contributed by atoms with E-state index in [1.807, 2.05) is 0 Å². The summed E-state index contributed by atoms with van der Waals surface area (Å²) in [6.45, 7) is -0.0470. The number of aromatic nitrogens is 2. The number of urea groups is 1. The first kappa shape index (κ1) is 22.0. The maximum atomic E-state index is 13.4. The minimum atomic E-state index is -1.20. The number of amides is 2. The number of carbonyl (C=O) groups is 2. The van der Waals surface area contributed by atoms with Crippen molar-refractivity contribution in [3.63, 3.8) is 0 Å². The second-order valence-corrected chi connectivity index (χ2v) is 6.36. The quantitative estimate of drug-likeness (QED) is 0.159. The maximum Gasteiger partial charge on any atom is 0.361 e. The van der Waals surface area contributed by atoms with Crippen LogP contribution in [0.25, 0.3) is 0 Å². The number of rotatable bonds is 10. The first-order valence-electron chi connectivity index (χ1n) is 7.20. The van der Waals surface area contributed by atoms with Crippen LogP contribution in [0.2, 0.25) is 0 Å². The Morgan fingerprint density at radius 1 is 1.54 bits per heavy atom. The predicted molar refractivity (Wildman–Crippen MR) is 91.1 cm³/mol. The Bertz CT molecular complexity index is 744. The zero-order valence-electron chi connectivity index (χ0n) is 13.3. The van der Waals surface area contributed by atoms with E-state index in [0.717, 1.165) is 21.3 Å². The molecular formula is C12H17ClFN5O6S. The van der Waals surface area contributed by atoms with Gasteiger partial charge in [-0.05, 0) is 6.42 Å². The van der Waals surface area contributed by atoms with Gasteiger partial charge >= 0.3 is 17.7 Å². The fourth-order valence-electron chi connectivity index (χ4n) is 1.84. The fourth-order valence-corrected chi connectivity index (χ4v) is 2.96. The molecule has 0 aliphatic rings. The van der Waals surface area contributed by atoms with Gasteiger partial charge in [-0.2, -0.15) is 9.40 Å². The number of hydrogen-bond donors (Lipinski definition) is 4. The first-order valence-corrected chi connectivity index (χ1v) is 8.78. The molecule has 0 aliphatic heterocycles. The van der Waals surface area contributed by atoms with Gasteiger partial charge in [0.15, 0.2) is 0 Å². The molecule has 0 aromatic carbocycles. The van der Waals surface area contributed by atoms with E-state index in [-0.39, 0.29) is 25.4 Å². The molecule has 11 nitrogen and oxygen atoms in total. The summed E-state index contributed by atoms with van der Waals surface area (Å²) in [6, 6.07) is -0.720. The Labute approximate surface area is 155 Å². The smallest absolute Gasteiger partial charge is 0.361 e. The summed E-state index contributed by atoms with van der Waals surface area (Å²) < 4.78 is 14.3. The van der Waals surface area contributed by atoms with Crippen LogP contribution in [0.3, 0.4) is 0 Å². The number of aliphatic carboxylic acids is 1. The number of nitrogens with zero attached hydrogens (tertiary/aromatic N) is 2. The average Bonchev–Trinajstić information content (AvgIpc) is 2.58. The van der Waals surface area contributed by atoms with Gasteiger partial charge in [0.25, 0.3) is 5.56 Å². The second kappa shape index (κ2) is 10.8. The van der Waals surface area contributed by atoms with Gasteiger partial charge in [-0.1, -0.05) is 0 Å². The largest absolute Gasteiger partial charge is 0.609 e. The van der Waals surface area contributed by atoms with Crippen molar-refractivity contribution in [1.29, 1.82) is 0 Å². The van der Waals surface area contributed by atoms with Crippen molar-refractivity contribution in [3.8, 4) is 0 Å². The fraction of sp³-hybridized carbons (Fsp3) is 0.500. The molecule has 26 heavy (non-hydrogen) atoms. The van der Waals surface area contributed by atoms with Crippen LogP contribution in [0.1, 0.15) is 11.8 Å². The number of aromatic amines is 1. The van der Waals surface area contributed by atoms with Gasteiger partial charge in [-0.3, -0.25) is 24.7 Å². The number of hydrogen-bond acceptors (Lipinski definition) is 6. The third-order valence-electron chi connectivity index (χ3n) is 3.01. The van der Waals surface area contributed by atoms with Crippen LogP contribution >= 0.6 is 23.4 Å². The topological polar surface area (TPSA) is 164 Å². The lowest BCUT2D eigenvalue weighted by molar-refractivity contribution is -0.731. The van der Waals surface area contributed by atoms with Crippen LogP contribution in [0, 0.1) is 11.0 Å². The first-order chi connectivity index (χ1) is 12.3. The second-order valence-electron chi connectivity index (χ2n) is 4.81. The zero-order chi connectivity index (χ0) is 19.7. The Balaban J connectivity index is 2.83. The van der Waals surface area contributed by atoms with Crippen LogP contribution in [0.15, 0.2) is 15.8 Å². The molecule has 1 aromatic rings. The maximum absolute atomic E-state index is 13.4. The van der Waals surface area contributed by atoms with Crippen molar-refractivity contribution in [2.24, 2.45) is 0 Å². The number of alkyl halides is 1. The van der Waals surface area contributed by atoms with Gasteiger partial charge in [0, 0.05) is 12.4 Å². The van der Waals surface area contributed by atoms with Crippen LogP contribution in [-0.4, -0.2) is 56.4 Å². The Morgan fingerprint density at radius 3 is 2.81 bits per heavy atom. The number of carboxylic acid groups (broad SMARTS) is 1. The number of halogens is 2. The number of carbonyl (C=O) groups excluding carboxylic acids is 1. The SMILES string of the molecule is O=C(O)CSC(CCNC(=O)N(CCCl)[NH2+][O-])n1cc(F)c(=O)[nH]c1=O. The van der Waals surface area contributed by atoms with E-state index in [9.17, 15) is 28.8 Å². The van der Waals surface area contributed by atoms with Gasteiger partial charge in [0.05, 0.1) is 23.9 Å². The number of thioether (sulfide) groups is 1. The van der Waals surface area contributed by atoms with Crippen molar-refractivity contribution in [3.05, 3.63) is 38.1 Å². The van der Waals surface area contributed by atoms with E-state index >= 15 is 0 Å². The van der Waals surface area contributed by atoms with Crippen molar-refractivity contribution in [2.75, 3.05) is 24.7 Å². The number of carboxylic acids is 1. The molecule has 1 rings (SSSR count). The Morgan fingerprint density at radius 2 is 2.23 bits per heavy atom. The van der Waals surface area contributed by atoms with E-state index in [4.69, 9.17) is 16.7 Å². The minimum absolute atomic E-state index is 0.00132. The standard InChI is InChI=1S/C12H17ClFN5O6S/c13-2-4-19(17-25)11(23)15-3-1-8(26-6-9(20)21)18-5-7(14)10(22)16-12(18)24/h5,8H,1-4,6,17H2,(H,15,23)(H,20,21)(H,16,22,24). The summed E-state index contributed by atoms with van der Waals surface area (Å²) >= 11 is 6.26. The molecule has 1 aromatic heterocycles. The summed E-state index contributed by atoms with van der Waals surface area (Å²) in [5.41, 5.74) is -1.80. The molecule has 0 radical (unpaired) electrons. The molecule has 0 fully saturated rings. The molecule has 0 spiro atoms. The molecule has 1 unspecified atom stereocenters. The van der Waals surface area contributed by atoms with Gasteiger partial charge in [0.1, 0.15) is 0 Å². The number of quaternary nitrogens is 1. The van der Waals surface area contributed by atoms with Gasteiger partial charge in [-0.25, -0.2) is 9.59 Å². The molecule has 0 saturated carbocycles. The van der Waals surface area contributed by atoms with Crippen molar-refractivity contribution in [1.82, 2.24) is 19.9 Å². The highest BCUT2D eigenvalue weighted by Crippen LogP contribution is 2.24. The van der Waals surface area contributed by atoms with Crippen LogP contribution in [0.4, 0.5) is 9.18 Å². The predicted octanol–water partition coefficient (Wildman–Crippen LogP) is -1.39. The van der Waals surface area contributed by atoms with Crippen molar-refractivity contribution < 1.29 is 24.7 Å². The highest BCUT2D eigenvalue weighted by molar-refractivity contribution is 7.99. The lowest BCUT2D eigenvalue weighted by Gasteiger charge is -2.22. The van der Waals surface area contributed by atoms with E-state index in [2.05, 4.69) is 5.32 Å². The van der Waals surface area contributed by atoms with Gasteiger partial charge in [0.2, 0.25) is 5.82 Å².